The largest absolute Gasteiger partial charge is 0.313 e. The first-order valence-corrected chi connectivity index (χ1v) is 5.55. The van der Waals surface area contributed by atoms with Crippen LogP contribution in [-0.4, -0.2) is 62.7 Å². The molecule has 3 heteroatoms. The van der Waals surface area contributed by atoms with Gasteiger partial charge in [0.1, 0.15) is 0 Å². The number of likely N-dealkylation sites (N-methyl/N-ethyl adjacent to an activating group) is 1. The second-order valence-electron chi connectivity index (χ2n) is 3.99. The van der Waals surface area contributed by atoms with E-state index in [2.05, 4.69) is 28.7 Å². The minimum Gasteiger partial charge on any atom is -0.313 e. The SMILES string of the molecule is C=CCNCCCN1CCN(C)CC1. The van der Waals surface area contributed by atoms with E-state index in [1.165, 1.54) is 39.1 Å². The van der Waals surface area contributed by atoms with Crippen molar-refractivity contribution in [3.8, 4) is 0 Å². The summed E-state index contributed by atoms with van der Waals surface area (Å²) in [6.45, 7) is 11.9. The lowest BCUT2D eigenvalue weighted by molar-refractivity contribution is 0.153. The van der Waals surface area contributed by atoms with Crippen molar-refractivity contribution in [2.75, 3.05) is 52.9 Å². The third-order valence-electron chi connectivity index (χ3n) is 2.71. The lowest BCUT2D eigenvalue weighted by atomic mass is 10.3. The summed E-state index contributed by atoms with van der Waals surface area (Å²) in [5.41, 5.74) is 0. The zero-order chi connectivity index (χ0) is 10.2. The van der Waals surface area contributed by atoms with Gasteiger partial charge in [0.2, 0.25) is 0 Å². The van der Waals surface area contributed by atoms with E-state index in [9.17, 15) is 0 Å². The molecule has 1 fully saturated rings. The van der Waals surface area contributed by atoms with Crippen molar-refractivity contribution < 1.29 is 0 Å². The van der Waals surface area contributed by atoms with Crippen molar-refractivity contribution in [2.45, 2.75) is 6.42 Å². The Morgan fingerprint density at radius 3 is 2.64 bits per heavy atom. The van der Waals surface area contributed by atoms with Crippen molar-refractivity contribution >= 4 is 0 Å². The Morgan fingerprint density at radius 2 is 2.00 bits per heavy atom. The van der Waals surface area contributed by atoms with Gasteiger partial charge in [0, 0.05) is 32.7 Å². The Kier molecular flexibility index (Phi) is 5.83. The van der Waals surface area contributed by atoms with Crippen LogP contribution in [0.15, 0.2) is 12.7 Å². The predicted octanol–water partition coefficient (Wildman–Crippen LogP) is 0.400. The summed E-state index contributed by atoms with van der Waals surface area (Å²) >= 11 is 0. The summed E-state index contributed by atoms with van der Waals surface area (Å²) in [5, 5.41) is 3.33. The number of hydrogen-bond acceptors (Lipinski definition) is 3. The van der Waals surface area contributed by atoms with Crippen LogP contribution in [0, 0.1) is 0 Å². The van der Waals surface area contributed by atoms with Gasteiger partial charge in [0.15, 0.2) is 0 Å². The highest BCUT2D eigenvalue weighted by Gasteiger charge is 2.12. The minimum atomic E-state index is 0.933. The summed E-state index contributed by atoms with van der Waals surface area (Å²) in [4.78, 5) is 4.95. The van der Waals surface area contributed by atoms with Gasteiger partial charge in [-0.1, -0.05) is 6.08 Å². The first kappa shape index (κ1) is 11.7. The van der Waals surface area contributed by atoms with Crippen LogP contribution in [0.2, 0.25) is 0 Å². The number of nitrogens with zero attached hydrogens (tertiary/aromatic N) is 2. The van der Waals surface area contributed by atoms with Gasteiger partial charge in [-0.2, -0.15) is 0 Å². The van der Waals surface area contributed by atoms with E-state index in [-0.39, 0.29) is 0 Å². The number of piperazine rings is 1. The van der Waals surface area contributed by atoms with Gasteiger partial charge in [-0.15, -0.1) is 6.58 Å². The molecule has 1 aliphatic heterocycles. The Hall–Kier alpha value is -0.380. The highest BCUT2D eigenvalue weighted by atomic mass is 15.2. The summed E-state index contributed by atoms with van der Waals surface area (Å²) in [6, 6.07) is 0. The molecule has 0 saturated carbocycles. The molecular weight excluding hydrogens is 174 g/mol. The summed E-state index contributed by atoms with van der Waals surface area (Å²) in [7, 11) is 2.20. The van der Waals surface area contributed by atoms with Crippen LogP contribution in [0.4, 0.5) is 0 Å². The average molecular weight is 197 g/mol. The Labute approximate surface area is 87.8 Å². The van der Waals surface area contributed by atoms with E-state index < -0.39 is 0 Å². The van der Waals surface area contributed by atoms with Crippen molar-refractivity contribution in [1.82, 2.24) is 15.1 Å². The molecule has 1 aliphatic rings. The normalized spacial score (nSPS) is 19.8. The van der Waals surface area contributed by atoms with Crippen LogP contribution in [0.1, 0.15) is 6.42 Å². The fourth-order valence-corrected chi connectivity index (χ4v) is 1.70. The maximum Gasteiger partial charge on any atom is 0.0132 e. The molecule has 82 valence electrons. The second kappa shape index (κ2) is 6.98. The molecule has 0 radical (unpaired) electrons. The summed E-state index contributed by atoms with van der Waals surface area (Å²) in [6.07, 6.45) is 3.16. The van der Waals surface area contributed by atoms with Gasteiger partial charge < -0.3 is 15.1 Å². The number of hydrogen-bond donors (Lipinski definition) is 1. The van der Waals surface area contributed by atoms with Gasteiger partial charge in [-0.25, -0.2) is 0 Å². The molecule has 1 saturated heterocycles. The highest BCUT2D eigenvalue weighted by Crippen LogP contribution is 1.99. The van der Waals surface area contributed by atoms with Gasteiger partial charge in [-0.3, -0.25) is 0 Å². The topological polar surface area (TPSA) is 18.5 Å². The molecule has 0 aromatic rings. The molecule has 14 heavy (non-hydrogen) atoms. The van der Waals surface area contributed by atoms with E-state index in [0.29, 0.717) is 0 Å². The predicted molar refractivity (Wildman–Crippen MR) is 61.6 cm³/mol. The van der Waals surface area contributed by atoms with Gasteiger partial charge in [0.25, 0.3) is 0 Å². The lowest BCUT2D eigenvalue weighted by Crippen LogP contribution is -2.45. The summed E-state index contributed by atoms with van der Waals surface area (Å²) < 4.78 is 0. The highest BCUT2D eigenvalue weighted by molar-refractivity contribution is 4.71. The molecule has 0 atom stereocenters. The monoisotopic (exact) mass is 197 g/mol. The Morgan fingerprint density at radius 1 is 1.29 bits per heavy atom. The molecule has 0 amide bonds. The lowest BCUT2D eigenvalue weighted by Gasteiger charge is -2.32. The van der Waals surface area contributed by atoms with Gasteiger partial charge in [-0.05, 0) is 26.6 Å². The van der Waals surface area contributed by atoms with Crippen molar-refractivity contribution in [3.63, 3.8) is 0 Å². The van der Waals surface area contributed by atoms with Crippen LogP contribution < -0.4 is 5.32 Å². The molecule has 1 heterocycles. The van der Waals surface area contributed by atoms with Crippen LogP contribution >= 0.6 is 0 Å². The maximum atomic E-state index is 3.68. The summed E-state index contributed by atoms with van der Waals surface area (Å²) in [5.74, 6) is 0. The van der Waals surface area contributed by atoms with Crippen LogP contribution in [0.5, 0.6) is 0 Å². The van der Waals surface area contributed by atoms with Crippen molar-refractivity contribution in [2.24, 2.45) is 0 Å². The molecule has 0 unspecified atom stereocenters. The van der Waals surface area contributed by atoms with E-state index >= 15 is 0 Å². The van der Waals surface area contributed by atoms with Gasteiger partial charge >= 0.3 is 0 Å². The standard InChI is InChI=1S/C11H23N3/c1-3-5-12-6-4-7-14-10-8-13(2)9-11-14/h3,12H,1,4-11H2,2H3. The molecule has 0 spiro atoms. The van der Waals surface area contributed by atoms with Crippen LogP contribution in [-0.2, 0) is 0 Å². The first-order valence-electron chi connectivity index (χ1n) is 5.55. The minimum absolute atomic E-state index is 0.933. The Balaban J connectivity index is 1.93. The fourth-order valence-electron chi connectivity index (χ4n) is 1.70. The first-order chi connectivity index (χ1) is 6.83. The third kappa shape index (κ3) is 4.74. The molecule has 3 nitrogen and oxygen atoms in total. The molecule has 0 aromatic carbocycles. The average Bonchev–Trinajstić information content (AvgIpc) is 2.21. The molecular formula is C11H23N3. The third-order valence-corrected chi connectivity index (χ3v) is 2.71. The van der Waals surface area contributed by atoms with E-state index in [1.54, 1.807) is 0 Å². The quantitative estimate of drug-likeness (QED) is 0.491. The molecule has 1 rings (SSSR count). The molecule has 0 bridgehead atoms. The zero-order valence-corrected chi connectivity index (χ0v) is 9.34. The van der Waals surface area contributed by atoms with Crippen LogP contribution in [0.25, 0.3) is 0 Å². The zero-order valence-electron chi connectivity index (χ0n) is 9.34. The Bertz CT molecular complexity index is 151. The van der Waals surface area contributed by atoms with Gasteiger partial charge in [0.05, 0.1) is 0 Å². The van der Waals surface area contributed by atoms with E-state index in [4.69, 9.17) is 0 Å². The smallest absolute Gasteiger partial charge is 0.0132 e. The van der Waals surface area contributed by atoms with Crippen molar-refractivity contribution in [1.29, 1.82) is 0 Å². The molecule has 1 N–H and O–H groups in total. The molecule has 0 aliphatic carbocycles. The number of nitrogens with one attached hydrogen (secondary N) is 1. The van der Waals surface area contributed by atoms with E-state index in [1.807, 2.05) is 6.08 Å². The van der Waals surface area contributed by atoms with Crippen LogP contribution in [0.3, 0.4) is 0 Å². The maximum absolute atomic E-state index is 3.68. The second-order valence-corrected chi connectivity index (χ2v) is 3.99. The number of rotatable bonds is 6. The molecule has 0 aromatic heterocycles. The fraction of sp³-hybridized carbons (Fsp3) is 0.818. The van der Waals surface area contributed by atoms with Crippen molar-refractivity contribution in [3.05, 3.63) is 12.7 Å². The van der Waals surface area contributed by atoms with E-state index in [0.717, 1.165) is 13.1 Å².